The third kappa shape index (κ3) is 4.61. The number of pyridine rings is 2. The number of nitrogens with zero attached hydrogens (tertiary/aromatic N) is 4. The lowest BCUT2D eigenvalue weighted by molar-refractivity contribution is 0.220. The molecule has 3 fully saturated rings. The molecule has 4 atom stereocenters. The van der Waals surface area contributed by atoms with Crippen LogP contribution in [0.3, 0.4) is 0 Å². The van der Waals surface area contributed by atoms with E-state index < -0.39 is 0 Å². The molecule has 1 aliphatic carbocycles. The first-order valence-electron chi connectivity index (χ1n) is 13.8. The monoisotopic (exact) mass is 513 g/mol. The molecule has 7 nitrogen and oxygen atoms in total. The Bertz CT molecular complexity index is 1390. The first-order valence-corrected chi connectivity index (χ1v) is 14.6. The van der Waals surface area contributed by atoms with Crippen LogP contribution in [0, 0.1) is 12.8 Å². The molecule has 6 heterocycles. The minimum atomic E-state index is 0.143. The van der Waals surface area contributed by atoms with Crippen molar-refractivity contribution in [3.8, 4) is 10.4 Å². The Kier molecular flexibility index (Phi) is 6.28. The van der Waals surface area contributed by atoms with Gasteiger partial charge in [-0.25, -0.2) is 15.4 Å². The van der Waals surface area contributed by atoms with Gasteiger partial charge in [-0.1, -0.05) is 12.5 Å². The Morgan fingerprint density at radius 2 is 1.97 bits per heavy atom. The van der Waals surface area contributed by atoms with Gasteiger partial charge in [0.05, 0.1) is 11.6 Å². The molecule has 7 rings (SSSR count). The number of likely N-dealkylation sites (tertiary alicyclic amines) is 1. The van der Waals surface area contributed by atoms with E-state index in [4.69, 9.17) is 4.98 Å². The lowest BCUT2D eigenvalue weighted by Crippen LogP contribution is -2.34. The molecular formula is C29H35N7S. The van der Waals surface area contributed by atoms with Crippen LogP contribution in [0.15, 0.2) is 42.9 Å². The van der Waals surface area contributed by atoms with E-state index in [-0.39, 0.29) is 6.04 Å². The highest BCUT2D eigenvalue weighted by molar-refractivity contribution is 7.15. The normalized spacial score (nSPS) is 26.5. The summed E-state index contributed by atoms with van der Waals surface area (Å²) < 4.78 is 0. The zero-order chi connectivity index (χ0) is 24.8. The lowest BCUT2D eigenvalue weighted by Gasteiger charge is -2.33. The zero-order valence-electron chi connectivity index (χ0n) is 21.4. The van der Waals surface area contributed by atoms with Crippen molar-refractivity contribution in [2.24, 2.45) is 5.92 Å². The summed E-state index contributed by atoms with van der Waals surface area (Å²) in [6, 6.07) is 9.50. The molecule has 2 saturated heterocycles. The smallest absolute Gasteiger partial charge is 0.178 e. The molecule has 0 radical (unpaired) electrons. The molecule has 0 amide bonds. The van der Waals surface area contributed by atoms with Gasteiger partial charge in [0, 0.05) is 46.5 Å². The second-order valence-corrected chi connectivity index (χ2v) is 12.4. The number of nitrogens with one attached hydrogen (secondary N) is 3. The third-order valence-corrected chi connectivity index (χ3v) is 9.64. The van der Waals surface area contributed by atoms with E-state index in [1.54, 1.807) is 0 Å². The van der Waals surface area contributed by atoms with Crippen LogP contribution >= 0.6 is 11.3 Å². The average molecular weight is 514 g/mol. The number of hydrazine groups is 1. The predicted molar refractivity (Wildman–Crippen MR) is 148 cm³/mol. The van der Waals surface area contributed by atoms with Crippen LogP contribution in [0.4, 0.5) is 0 Å². The van der Waals surface area contributed by atoms with Gasteiger partial charge in [0.15, 0.2) is 5.65 Å². The van der Waals surface area contributed by atoms with Crippen LogP contribution in [0.25, 0.3) is 21.6 Å². The first kappa shape index (κ1) is 23.5. The first-order chi connectivity index (χ1) is 18.2. The highest BCUT2D eigenvalue weighted by Crippen LogP contribution is 2.44. The number of aryl methyl sites for hydroxylation is 1. The maximum absolute atomic E-state index is 4.97. The van der Waals surface area contributed by atoms with Crippen molar-refractivity contribution in [3.05, 3.63) is 64.7 Å². The second kappa shape index (κ2) is 9.91. The standard InChI is InChI=1S/C29H35N7S/c1-18-5-8-25(37-18)22-9-10-31-28-26(22)32-29(33-28)27-23-14-20(6-7-24(23)34-35-27)21-13-19(15-30-16-21)17-36-11-3-2-4-12-36/h5,8-10,13,15-16,20,23-24,27,34-35H,2-4,6-7,11-12,14,17H2,1H3,(H,31,32,33). The second-order valence-electron chi connectivity index (χ2n) is 11.1. The SMILES string of the molecule is Cc1ccc(-c2ccnc3nc(C4NNC5CCC(c6cncc(CN7CCCCC7)c6)CC54)[nH]c23)s1. The van der Waals surface area contributed by atoms with E-state index in [0.29, 0.717) is 17.9 Å². The van der Waals surface area contributed by atoms with Crippen molar-refractivity contribution in [1.29, 1.82) is 0 Å². The van der Waals surface area contributed by atoms with Gasteiger partial charge in [0.25, 0.3) is 0 Å². The fraction of sp³-hybridized carbons (Fsp3) is 0.483. The molecule has 37 heavy (non-hydrogen) atoms. The number of thiophene rings is 1. The van der Waals surface area contributed by atoms with Crippen LogP contribution in [-0.4, -0.2) is 44.0 Å². The van der Waals surface area contributed by atoms with Crippen molar-refractivity contribution in [1.82, 2.24) is 35.7 Å². The highest BCUT2D eigenvalue weighted by atomic mass is 32.1. The molecule has 2 aliphatic heterocycles. The van der Waals surface area contributed by atoms with E-state index in [1.165, 1.54) is 65.2 Å². The highest BCUT2D eigenvalue weighted by Gasteiger charge is 2.42. The van der Waals surface area contributed by atoms with Crippen LogP contribution in [0.1, 0.15) is 72.3 Å². The quantitative estimate of drug-likeness (QED) is 0.328. The van der Waals surface area contributed by atoms with E-state index in [0.717, 1.165) is 36.4 Å². The number of H-pyrrole nitrogens is 1. The molecule has 3 aliphatic rings. The summed E-state index contributed by atoms with van der Waals surface area (Å²) in [5.41, 5.74) is 13.0. The number of piperidine rings is 1. The molecule has 192 valence electrons. The van der Waals surface area contributed by atoms with E-state index in [9.17, 15) is 0 Å². The van der Waals surface area contributed by atoms with Gasteiger partial charge in [0.2, 0.25) is 0 Å². The number of imidazole rings is 1. The summed E-state index contributed by atoms with van der Waals surface area (Å²) in [5.74, 6) is 1.99. The van der Waals surface area contributed by atoms with Gasteiger partial charge in [0.1, 0.15) is 5.82 Å². The van der Waals surface area contributed by atoms with Gasteiger partial charge >= 0.3 is 0 Å². The molecule has 1 saturated carbocycles. The van der Waals surface area contributed by atoms with Crippen LogP contribution in [0.2, 0.25) is 0 Å². The number of fused-ring (bicyclic) bond motifs is 2. The summed E-state index contributed by atoms with van der Waals surface area (Å²) in [7, 11) is 0. The minimum Gasteiger partial charge on any atom is -0.339 e. The maximum atomic E-state index is 4.97. The fourth-order valence-corrected chi connectivity index (χ4v) is 7.58. The van der Waals surface area contributed by atoms with Crippen LogP contribution in [-0.2, 0) is 6.54 Å². The molecule has 0 spiro atoms. The molecule has 8 heteroatoms. The number of aromatic nitrogens is 4. The maximum Gasteiger partial charge on any atom is 0.178 e. The number of hydrogen-bond acceptors (Lipinski definition) is 7. The van der Waals surface area contributed by atoms with Crippen molar-refractivity contribution in [3.63, 3.8) is 0 Å². The summed E-state index contributed by atoms with van der Waals surface area (Å²) >= 11 is 1.81. The Labute approximate surface area is 222 Å². The van der Waals surface area contributed by atoms with Gasteiger partial charge < -0.3 is 4.98 Å². The number of aromatic amines is 1. The lowest BCUT2D eigenvalue weighted by atomic mass is 9.73. The Balaban J connectivity index is 1.12. The van der Waals surface area contributed by atoms with Crippen LogP contribution in [0.5, 0.6) is 0 Å². The summed E-state index contributed by atoms with van der Waals surface area (Å²) in [5, 5.41) is 0. The third-order valence-electron chi connectivity index (χ3n) is 8.61. The largest absolute Gasteiger partial charge is 0.339 e. The van der Waals surface area contributed by atoms with Crippen molar-refractivity contribution < 1.29 is 0 Å². The summed E-state index contributed by atoms with van der Waals surface area (Å²) in [4.78, 5) is 23.1. The van der Waals surface area contributed by atoms with Gasteiger partial charge in [-0.3, -0.25) is 15.3 Å². The van der Waals surface area contributed by atoms with E-state index >= 15 is 0 Å². The van der Waals surface area contributed by atoms with Gasteiger partial charge in [-0.2, -0.15) is 0 Å². The van der Waals surface area contributed by atoms with E-state index in [1.807, 2.05) is 17.5 Å². The average Bonchev–Trinajstić information content (AvgIpc) is 3.66. The van der Waals surface area contributed by atoms with Gasteiger partial charge in [-0.15, -0.1) is 11.3 Å². The minimum absolute atomic E-state index is 0.143. The zero-order valence-corrected chi connectivity index (χ0v) is 22.2. The molecule has 4 unspecified atom stereocenters. The van der Waals surface area contributed by atoms with Crippen molar-refractivity contribution in [2.45, 2.75) is 70.0 Å². The topological polar surface area (TPSA) is 81.8 Å². The molecular weight excluding hydrogens is 478 g/mol. The summed E-state index contributed by atoms with van der Waals surface area (Å²) in [6.45, 7) is 5.62. The number of hydrogen-bond donors (Lipinski definition) is 3. The van der Waals surface area contributed by atoms with Crippen molar-refractivity contribution >= 4 is 22.5 Å². The molecule has 0 aromatic carbocycles. The summed E-state index contributed by atoms with van der Waals surface area (Å²) in [6.07, 6.45) is 13.6. The molecule has 0 bridgehead atoms. The molecule has 4 aromatic heterocycles. The molecule has 4 aromatic rings. The van der Waals surface area contributed by atoms with Crippen molar-refractivity contribution in [2.75, 3.05) is 13.1 Å². The van der Waals surface area contributed by atoms with Crippen LogP contribution < -0.4 is 10.9 Å². The Morgan fingerprint density at radius 1 is 1.05 bits per heavy atom. The molecule has 3 N–H and O–H groups in total. The van der Waals surface area contributed by atoms with Gasteiger partial charge in [-0.05, 0) is 93.3 Å². The number of rotatable bonds is 5. The Hall–Kier alpha value is -2.65. The predicted octanol–water partition coefficient (Wildman–Crippen LogP) is 5.48. The fourth-order valence-electron chi connectivity index (χ4n) is 6.68. The van der Waals surface area contributed by atoms with E-state index in [2.05, 4.69) is 74.3 Å². The Morgan fingerprint density at radius 3 is 2.84 bits per heavy atom.